The molecule has 0 aromatic carbocycles. The van der Waals surface area contributed by atoms with Gasteiger partial charge in [0.15, 0.2) is 0 Å². The summed E-state index contributed by atoms with van der Waals surface area (Å²) in [4.78, 5) is 2.74. The second-order valence-electron chi connectivity index (χ2n) is 7.19. The molecule has 1 N–H and O–H groups in total. The maximum absolute atomic E-state index is 3.73. The first kappa shape index (κ1) is 14.7. The lowest BCUT2D eigenvalue weighted by Gasteiger charge is -2.45. The fourth-order valence-electron chi connectivity index (χ4n) is 3.02. The number of thioether (sulfide) groups is 1. The summed E-state index contributed by atoms with van der Waals surface area (Å²) in [5, 5.41) is 3.73. The Morgan fingerprint density at radius 1 is 1.22 bits per heavy atom. The van der Waals surface area contributed by atoms with Crippen LogP contribution in [0.4, 0.5) is 0 Å². The molecule has 0 radical (unpaired) electrons. The molecule has 2 atom stereocenters. The third-order valence-electron chi connectivity index (χ3n) is 4.58. The Kier molecular flexibility index (Phi) is 5.01. The van der Waals surface area contributed by atoms with Crippen LogP contribution in [0.2, 0.25) is 0 Å². The molecule has 0 aliphatic carbocycles. The van der Waals surface area contributed by atoms with Crippen molar-refractivity contribution in [3.8, 4) is 0 Å². The predicted octanol–water partition coefficient (Wildman–Crippen LogP) is 2.84. The highest BCUT2D eigenvalue weighted by atomic mass is 32.2. The first-order valence-corrected chi connectivity index (χ1v) is 8.67. The SMILES string of the molecule is CC1CNC(C(C)(C)C)CN1CC1CCSCC1. The van der Waals surface area contributed by atoms with E-state index in [-0.39, 0.29) is 0 Å². The van der Waals surface area contributed by atoms with E-state index in [9.17, 15) is 0 Å². The van der Waals surface area contributed by atoms with E-state index < -0.39 is 0 Å². The molecular formula is C15H30N2S. The smallest absolute Gasteiger partial charge is 0.0244 e. The molecule has 106 valence electrons. The molecule has 0 amide bonds. The summed E-state index contributed by atoms with van der Waals surface area (Å²) in [7, 11) is 0. The van der Waals surface area contributed by atoms with Crippen molar-refractivity contribution in [2.24, 2.45) is 11.3 Å². The van der Waals surface area contributed by atoms with Crippen LogP contribution in [0.25, 0.3) is 0 Å². The van der Waals surface area contributed by atoms with Crippen LogP contribution in [0.1, 0.15) is 40.5 Å². The minimum atomic E-state index is 0.376. The maximum atomic E-state index is 3.73. The Morgan fingerprint density at radius 3 is 2.50 bits per heavy atom. The third kappa shape index (κ3) is 3.88. The van der Waals surface area contributed by atoms with E-state index >= 15 is 0 Å². The monoisotopic (exact) mass is 270 g/mol. The third-order valence-corrected chi connectivity index (χ3v) is 5.63. The molecule has 3 heteroatoms. The quantitative estimate of drug-likeness (QED) is 0.830. The molecule has 2 aliphatic rings. The van der Waals surface area contributed by atoms with Crippen molar-refractivity contribution in [3.63, 3.8) is 0 Å². The summed E-state index contributed by atoms with van der Waals surface area (Å²) in [6, 6.07) is 1.35. The molecule has 18 heavy (non-hydrogen) atoms. The molecule has 2 saturated heterocycles. The van der Waals surface area contributed by atoms with E-state index in [1.807, 2.05) is 0 Å². The standard InChI is InChI=1S/C15H30N2S/c1-12-9-16-14(15(2,3)4)11-17(12)10-13-5-7-18-8-6-13/h12-14,16H,5-11H2,1-4H3. The highest BCUT2D eigenvalue weighted by molar-refractivity contribution is 7.99. The summed E-state index contributed by atoms with van der Waals surface area (Å²) in [6.45, 7) is 13.2. The van der Waals surface area contributed by atoms with Gasteiger partial charge in [-0.2, -0.15) is 11.8 Å². The van der Waals surface area contributed by atoms with Gasteiger partial charge < -0.3 is 5.32 Å². The second-order valence-corrected chi connectivity index (χ2v) is 8.41. The Balaban J connectivity index is 1.88. The zero-order valence-corrected chi connectivity index (χ0v) is 13.4. The number of hydrogen-bond donors (Lipinski definition) is 1. The minimum absolute atomic E-state index is 0.376. The second kappa shape index (κ2) is 6.15. The fourth-order valence-corrected chi connectivity index (χ4v) is 4.22. The van der Waals surface area contributed by atoms with E-state index in [1.54, 1.807) is 0 Å². The lowest BCUT2D eigenvalue weighted by molar-refractivity contribution is 0.0782. The molecular weight excluding hydrogens is 240 g/mol. The van der Waals surface area contributed by atoms with Gasteiger partial charge in [-0.1, -0.05) is 20.8 Å². The van der Waals surface area contributed by atoms with Crippen molar-refractivity contribution in [3.05, 3.63) is 0 Å². The topological polar surface area (TPSA) is 15.3 Å². The van der Waals surface area contributed by atoms with Crippen molar-refractivity contribution in [1.29, 1.82) is 0 Å². The van der Waals surface area contributed by atoms with Crippen molar-refractivity contribution in [2.45, 2.75) is 52.6 Å². The molecule has 0 bridgehead atoms. The van der Waals surface area contributed by atoms with Crippen LogP contribution in [0, 0.1) is 11.3 Å². The van der Waals surface area contributed by atoms with Gasteiger partial charge in [0.2, 0.25) is 0 Å². The molecule has 2 rings (SSSR count). The van der Waals surface area contributed by atoms with Crippen LogP contribution in [-0.2, 0) is 0 Å². The van der Waals surface area contributed by atoms with E-state index in [0.29, 0.717) is 17.5 Å². The van der Waals surface area contributed by atoms with Gasteiger partial charge >= 0.3 is 0 Å². The summed E-state index contributed by atoms with van der Waals surface area (Å²) >= 11 is 2.14. The zero-order chi connectivity index (χ0) is 13.2. The Bertz CT molecular complexity index is 256. The largest absolute Gasteiger partial charge is 0.311 e. The molecule has 0 aromatic rings. The van der Waals surface area contributed by atoms with Crippen LogP contribution in [0.15, 0.2) is 0 Å². The van der Waals surface area contributed by atoms with Crippen LogP contribution < -0.4 is 5.32 Å². The number of hydrogen-bond acceptors (Lipinski definition) is 3. The van der Waals surface area contributed by atoms with Crippen LogP contribution in [0.3, 0.4) is 0 Å². The van der Waals surface area contributed by atoms with Gasteiger partial charge in [0, 0.05) is 31.7 Å². The van der Waals surface area contributed by atoms with E-state index in [0.717, 1.165) is 12.5 Å². The number of nitrogens with one attached hydrogen (secondary N) is 1. The highest BCUT2D eigenvalue weighted by Gasteiger charge is 2.33. The molecule has 2 fully saturated rings. The molecule has 0 spiro atoms. The summed E-state index contributed by atoms with van der Waals surface area (Å²) in [6.07, 6.45) is 2.86. The van der Waals surface area contributed by atoms with E-state index in [2.05, 4.69) is 49.7 Å². The number of piperazine rings is 1. The van der Waals surface area contributed by atoms with Gasteiger partial charge in [-0.3, -0.25) is 4.90 Å². The van der Waals surface area contributed by atoms with Gasteiger partial charge in [0.25, 0.3) is 0 Å². The van der Waals surface area contributed by atoms with Gasteiger partial charge in [-0.05, 0) is 42.6 Å². The summed E-state index contributed by atoms with van der Waals surface area (Å²) in [5.41, 5.74) is 0.376. The van der Waals surface area contributed by atoms with Crippen LogP contribution >= 0.6 is 11.8 Å². The molecule has 2 heterocycles. The van der Waals surface area contributed by atoms with Crippen molar-refractivity contribution in [1.82, 2.24) is 10.2 Å². The van der Waals surface area contributed by atoms with Gasteiger partial charge in [-0.15, -0.1) is 0 Å². The van der Waals surface area contributed by atoms with E-state index in [4.69, 9.17) is 0 Å². The Hall–Kier alpha value is 0.270. The van der Waals surface area contributed by atoms with Gasteiger partial charge in [0.1, 0.15) is 0 Å². The molecule has 2 aliphatic heterocycles. The van der Waals surface area contributed by atoms with Gasteiger partial charge in [0.05, 0.1) is 0 Å². The van der Waals surface area contributed by atoms with Gasteiger partial charge in [-0.25, -0.2) is 0 Å². The first-order chi connectivity index (χ1) is 8.47. The lowest BCUT2D eigenvalue weighted by atomic mass is 9.84. The van der Waals surface area contributed by atoms with Crippen LogP contribution in [0.5, 0.6) is 0 Å². The summed E-state index contributed by atoms with van der Waals surface area (Å²) in [5.74, 6) is 3.72. The normalized spacial score (nSPS) is 32.7. The van der Waals surface area contributed by atoms with E-state index in [1.165, 1.54) is 37.4 Å². The Labute approximate surface area is 117 Å². The molecule has 0 aromatic heterocycles. The molecule has 2 nitrogen and oxygen atoms in total. The molecule has 0 saturated carbocycles. The highest BCUT2D eigenvalue weighted by Crippen LogP contribution is 2.27. The fraction of sp³-hybridized carbons (Fsp3) is 1.00. The van der Waals surface area contributed by atoms with Crippen molar-refractivity contribution < 1.29 is 0 Å². The number of rotatable bonds is 2. The zero-order valence-electron chi connectivity index (χ0n) is 12.5. The average Bonchev–Trinajstić information content (AvgIpc) is 2.32. The number of nitrogens with zero attached hydrogens (tertiary/aromatic N) is 1. The molecule has 2 unspecified atom stereocenters. The minimum Gasteiger partial charge on any atom is -0.311 e. The maximum Gasteiger partial charge on any atom is 0.0244 e. The average molecular weight is 270 g/mol. The summed E-state index contributed by atoms with van der Waals surface area (Å²) < 4.78 is 0. The van der Waals surface area contributed by atoms with Crippen LogP contribution in [-0.4, -0.2) is 48.1 Å². The Morgan fingerprint density at radius 2 is 1.89 bits per heavy atom. The predicted molar refractivity (Wildman–Crippen MR) is 82.3 cm³/mol. The lowest BCUT2D eigenvalue weighted by Crippen LogP contribution is -2.60. The van der Waals surface area contributed by atoms with Crippen molar-refractivity contribution in [2.75, 3.05) is 31.1 Å². The first-order valence-electron chi connectivity index (χ1n) is 7.52. The van der Waals surface area contributed by atoms with Crippen molar-refractivity contribution >= 4 is 11.8 Å².